The summed E-state index contributed by atoms with van der Waals surface area (Å²) in [5.74, 6) is 2.37. The summed E-state index contributed by atoms with van der Waals surface area (Å²) in [4.78, 5) is 18.3. The van der Waals surface area contributed by atoms with Crippen molar-refractivity contribution in [2.75, 3.05) is 5.32 Å². The van der Waals surface area contributed by atoms with Gasteiger partial charge in [0.05, 0.1) is 11.7 Å². The monoisotopic (exact) mass is 648 g/mol. The second-order valence-corrected chi connectivity index (χ2v) is 11.3. The summed E-state index contributed by atoms with van der Waals surface area (Å²) in [6, 6.07) is 41.1. The minimum absolute atomic E-state index is 0.104. The van der Waals surface area contributed by atoms with E-state index in [-0.39, 0.29) is 18.0 Å². The maximum absolute atomic E-state index is 13.7. The lowest BCUT2D eigenvalue weighted by Gasteiger charge is -2.19. The number of benzene rings is 6. The molecule has 0 spiro atoms. The van der Waals surface area contributed by atoms with Gasteiger partial charge in [0.15, 0.2) is 5.58 Å². The van der Waals surface area contributed by atoms with E-state index in [2.05, 4.69) is 10.3 Å². The number of anilines is 1. The van der Waals surface area contributed by atoms with E-state index in [1.54, 1.807) is 24.3 Å². The van der Waals surface area contributed by atoms with Crippen molar-refractivity contribution >= 4 is 22.7 Å². The molecule has 0 aliphatic heterocycles. The number of para-hydroxylation sites is 2. The molecule has 1 unspecified atom stereocenters. The summed E-state index contributed by atoms with van der Waals surface area (Å²) in [5.41, 5.74) is 17.5. The molecule has 6 N–H and O–H groups in total. The second-order valence-electron chi connectivity index (χ2n) is 11.3. The summed E-state index contributed by atoms with van der Waals surface area (Å²) in [7, 11) is 0. The number of amides is 1. The minimum Gasteiger partial charge on any atom is -0.506 e. The van der Waals surface area contributed by atoms with E-state index in [9.17, 15) is 9.90 Å². The number of carbonyl (C=O) groups is 1. The van der Waals surface area contributed by atoms with Crippen LogP contribution in [0.15, 0.2) is 144 Å². The number of rotatable bonds is 10. The number of ether oxygens (including phenoxy) is 2. The zero-order chi connectivity index (χ0) is 33.7. The van der Waals surface area contributed by atoms with E-state index in [0.717, 1.165) is 22.4 Å². The standard InChI is InChI=1S/C40H32N4O5/c41-24-25-11-18-32(39(46)43-34-22-30(16-19-36(34)45)47-28-7-3-1-4-8-28)33(21-25)38(42)26-12-14-27(15-13-26)40-44-35-23-31(17-20-37(35)49-40)48-29-9-5-2-6-10-29/h1-23,38,45H,24,41-42H2,(H,43,46). The predicted molar refractivity (Wildman–Crippen MR) is 189 cm³/mol. The fourth-order valence-electron chi connectivity index (χ4n) is 5.43. The molecule has 7 aromatic rings. The van der Waals surface area contributed by atoms with Gasteiger partial charge in [-0.15, -0.1) is 0 Å². The molecule has 49 heavy (non-hydrogen) atoms. The molecule has 1 atom stereocenters. The Bertz CT molecular complexity index is 2240. The van der Waals surface area contributed by atoms with Crippen molar-refractivity contribution in [1.82, 2.24) is 4.98 Å². The van der Waals surface area contributed by atoms with Crippen LogP contribution in [0.5, 0.6) is 28.7 Å². The second kappa shape index (κ2) is 13.7. The number of fused-ring (bicyclic) bond motifs is 1. The van der Waals surface area contributed by atoms with Gasteiger partial charge in [-0.3, -0.25) is 4.79 Å². The molecule has 7 rings (SSSR count). The molecule has 0 saturated heterocycles. The predicted octanol–water partition coefficient (Wildman–Crippen LogP) is 8.54. The third-order valence-electron chi connectivity index (χ3n) is 7.98. The smallest absolute Gasteiger partial charge is 0.256 e. The summed E-state index contributed by atoms with van der Waals surface area (Å²) in [5, 5.41) is 13.4. The largest absolute Gasteiger partial charge is 0.506 e. The summed E-state index contributed by atoms with van der Waals surface area (Å²) < 4.78 is 17.9. The average molecular weight is 649 g/mol. The van der Waals surface area contributed by atoms with E-state index in [1.165, 1.54) is 6.07 Å². The van der Waals surface area contributed by atoms with Crippen LogP contribution in [0, 0.1) is 0 Å². The quantitative estimate of drug-likeness (QED) is 0.108. The molecular weight excluding hydrogens is 616 g/mol. The van der Waals surface area contributed by atoms with Gasteiger partial charge in [-0.25, -0.2) is 4.98 Å². The van der Waals surface area contributed by atoms with Gasteiger partial charge in [0.25, 0.3) is 5.91 Å². The molecule has 242 valence electrons. The van der Waals surface area contributed by atoms with Crippen LogP contribution in [0.25, 0.3) is 22.6 Å². The van der Waals surface area contributed by atoms with Gasteiger partial charge in [0.2, 0.25) is 5.89 Å². The van der Waals surface area contributed by atoms with Gasteiger partial charge in [0.1, 0.15) is 34.3 Å². The van der Waals surface area contributed by atoms with Gasteiger partial charge in [-0.2, -0.15) is 0 Å². The molecule has 0 aliphatic carbocycles. The molecule has 1 amide bonds. The number of carbonyl (C=O) groups excluding carboxylic acids is 1. The molecule has 1 aromatic heterocycles. The van der Waals surface area contributed by atoms with Crippen molar-refractivity contribution in [2.45, 2.75) is 12.6 Å². The zero-order valence-corrected chi connectivity index (χ0v) is 26.2. The van der Waals surface area contributed by atoms with Crippen LogP contribution in [-0.2, 0) is 6.54 Å². The van der Waals surface area contributed by atoms with E-state index in [4.69, 9.17) is 25.4 Å². The first kappa shape index (κ1) is 31.2. The van der Waals surface area contributed by atoms with Crippen molar-refractivity contribution < 1.29 is 23.8 Å². The third-order valence-corrected chi connectivity index (χ3v) is 7.98. The van der Waals surface area contributed by atoms with Gasteiger partial charge in [-0.05, 0) is 83.4 Å². The molecule has 1 heterocycles. The third kappa shape index (κ3) is 6.98. The van der Waals surface area contributed by atoms with Crippen molar-refractivity contribution in [3.8, 4) is 40.2 Å². The SMILES string of the molecule is NCc1ccc(C(=O)Nc2cc(Oc3ccccc3)ccc2O)c(C(N)c2ccc(-c3nc4cc(Oc5ccccc5)ccc4o3)cc2)c1. The highest BCUT2D eigenvalue weighted by atomic mass is 16.5. The number of nitrogens with one attached hydrogen (secondary N) is 1. The fourth-order valence-corrected chi connectivity index (χ4v) is 5.43. The van der Waals surface area contributed by atoms with Crippen LogP contribution in [-0.4, -0.2) is 16.0 Å². The summed E-state index contributed by atoms with van der Waals surface area (Å²) in [6.45, 7) is 0.274. The Labute approximate surface area is 282 Å². The highest BCUT2D eigenvalue weighted by Crippen LogP contribution is 2.34. The molecule has 0 aliphatic rings. The Kier molecular flexibility index (Phi) is 8.75. The molecule has 0 bridgehead atoms. The number of nitrogens with zero attached hydrogens (tertiary/aromatic N) is 1. The normalized spacial score (nSPS) is 11.6. The first-order valence-electron chi connectivity index (χ1n) is 15.6. The molecule has 0 fully saturated rings. The number of phenols is 1. The van der Waals surface area contributed by atoms with Crippen LogP contribution in [0.3, 0.4) is 0 Å². The Morgan fingerprint density at radius 1 is 0.755 bits per heavy atom. The van der Waals surface area contributed by atoms with Crippen molar-refractivity contribution in [2.24, 2.45) is 11.5 Å². The van der Waals surface area contributed by atoms with E-state index in [0.29, 0.717) is 45.4 Å². The Morgan fingerprint density at radius 3 is 2.08 bits per heavy atom. The van der Waals surface area contributed by atoms with Crippen molar-refractivity contribution in [3.05, 3.63) is 162 Å². The van der Waals surface area contributed by atoms with Crippen LogP contribution < -0.4 is 26.3 Å². The van der Waals surface area contributed by atoms with Crippen LogP contribution >= 0.6 is 0 Å². The minimum atomic E-state index is -0.663. The first-order chi connectivity index (χ1) is 23.9. The number of phenolic OH excluding ortho intramolecular Hbond substituents is 1. The highest BCUT2D eigenvalue weighted by molar-refractivity contribution is 6.06. The lowest BCUT2D eigenvalue weighted by atomic mass is 9.92. The number of aromatic nitrogens is 1. The van der Waals surface area contributed by atoms with Crippen LogP contribution in [0.2, 0.25) is 0 Å². The molecule has 0 radical (unpaired) electrons. The maximum Gasteiger partial charge on any atom is 0.256 e. The number of nitrogens with two attached hydrogens (primary N) is 2. The Morgan fingerprint density at radius 2 is 1.41 bits per heavy atom. The molecule has 6 aromatic carbocycles. The lowest BCUT2D eigenvalue weighted by Crippen LogP contribution is -2.21. The van der Waals surface area contributed by atoms with Crippen molar-refractivity contribution in [3.63, 3.8) is 0 Å². The number of hydrogen-bond acceptors (Lipinski definition) is 8. The topological polar surface area (TPSA) is 146 Å². The van der Waals surface area contributed by atoms with Gasteiger partial charge < -0.3 is 35.8 Å². The number of oxazole rings is 1. The lowest BCUT2D eigenvalue weighted by molar-refractivity contribution is 0.102. The van der Waals surface area contributed by atoms with Gasteiger partial charge >= 0.3 is 0 Å². The molecule has 9 heteroatoms. The Hall–Kier alpha value is -6.42. The Balaban J connectivity index is 1.11. The van der Waals surface area contributed by atoms with Gasteiger partial charge in [0, 0.05) is 29.8 Å². The molecule has 9 nitrogen and oxygen atoms in total. The number of hydrogen-bond donors (Lipinski definition) is 4. The molecule has 0 saturated carbocycles. The zero-order valence-electron chi connectivity index (χ0n) is 26.2. The number of aromatic hydroxyl groups is 1. The fraction of sp³-hybridized carbons (Fsp3) is 0.0500. The van der Waals surface area contributed by atoms with E-state index < -0.39 is 11.9 Å². The van der Waals surface area contributed by atoms with Crippen LogP contribution in [0.4, 0.5) is 5.69 Å². The summed E-state index contributed by atoms with van der Waals surface area (Å²) >= 11 is 0. The summed E-state index contributed by atoms with van der Waals surface area (Å²) in [6.07, 6.45) is 0. The highest BCUT2D eigenvalue weighted by Gasteiger charge is 2.21. The van der Waals surface area contributed by atoms with E-state index in [1.807, 2.05) is 109 Å². The van der Waals surface area contributed by atoms with Crippen LogP contribution in [0.1, 0.15) is 33.1 Å². The van der Waals surface area contributed by atoms with Crippen molar-refractivity contribution in [1.29, 1.82) is 0 Å². The average Bonchev–Trinajstić information content (AvgIpc) is 3.57. The van der Waals surface area contributed by atoms with Gasteiger partial charge in [-0.1, -0.05) is 60.7 Å². The first-order valence-corrected chi connectivity index (χ1v) is 15.6. The van der Waals surface area contributed by atoms with E-state index >= 15 is 0 Å². The maximum atomic E-state index is 13.7. The molecular formula is C40H32N4O5.